The fourth-order valence-electron chi connectivity index (χ4n) is 6.95. The monoisotopic (exact) mass is 603 g/mol. The minimum absolute atomic E-state index is 0.0304. The maximum atomic E-state index is 12.5. The average molecular weight is 604 g/mol. The van der Waals surface area contributed by atoms with Crippen LogP contribution in [0.4, 0.5) is 23.0 Å². The first kappa shape index (κ1) is 31.7. The number of piperazine rings is 1. The van der Waals surface area contributed by atoms with Crippen molar-refractivity contribution in [3.8, 4) is 0 Å². The van der Waals surface area contributed by atoms with Crippen molar-refractivity contribution in [2.24, 2.45) is 5.73 Å². The van der Waals surface area contributed by atoms with E-state index in [0.717, 1.165) is 57.5 Å². The lowest BCUT2D eigenvalue weighted by atomic mass is 9.89. The molecule has 238 valence electrons. The number of nitrogens with zero attached hydrogens (tertiary/aromatic N) is 6. The van der Waals surface area contributed by atoms with Gasteiger partial charge < -0.3 is 31.1 Å². The first-order chi connectivity index (χ1) is 21.3. The van der Waals surface area contributed by atoms with Gasteiger partial charge in [0.25, 0.3) is 5.91 Å². The molecule has 1 aliphatic carbocycles. The summed E-state index contributed by atoms with van der Waals surface area (Å²) in [6.45, 7) is 12.3. The minimum atomic E-state index is -0.627. The third kappa shape index (κ3) is 7.32. The third-order valence-corrected chi connectivity index (χ3v) is 9.60. The van der Waals surface area contributed by atoms with Gasteiger partial charge in [0.05, 0.1) is 11.7 Å². The number of nitrogens with two attached hydrogens (primary N) is 1. The molecule has 2 amide bonds. The Morgan fingerprint density at radius 1 is 1.02 bits per heavy atom. The highest BCUT2D eigenvalue weighted by molar-refractivity contribution is 5.96. The molecule has 2 aromatic rings. The summed E-state index contributed by atoms with van der Waals surface area (Å²) >= 11 is 0. The Balaban J connectivity index is 1.30. The SMILES string of the molecule is C=CC(=O)N[C@H]1CCCC[C@H]1N(C)c1nc(Nc2ccc(N3CCC(N4CCN(C)CC4)CC3)cc2)c(C(N)=O)nc1CC. The Bertz CT molecular complexity index is 1300. The van der Waals surface area contributed by atoms with Crippen molar-refractivity contribution in [1.82, 2.24) is 25.1 Å². The van der Waals surface area contributed by atoms with E-state index in [4.69, 9.17) is 10.7 Å². The van der Waals surface area contributed by atoms with Gasteiger partial charge >= 0.3 is 0 Å². The molecule has 0 unspecified atom stereocenters. The van der Waals surface area contributed by atoms with Crippen molar-refractivity contribution in [2.45, 2.75) is 70.0 Å². The number of aryl methyl sites for hydroxylation is 1. The molecule has 0 spiro atoms. The molecule has 0 bridgehead atoms. The summed E-state index contributed by atoms with van der Waals surface area (Å²) in [5.74, 6) is 0.216. The molecule has 1 aromatic heterocycles. The molecule has 3 fully saturated rings. The number of hydrogen-bond donors (Lipinski definition) is 3. The molecule has 5 rings (SSSR count). The van der Waals surface area contributed by atoms with Crippen LogP contribution in [0.15, 0.2) is 36.9 Å². The van der Waals surface area contributed by atoms with Gasteiger partial charge in [-0.25, -0.2) is 9.97 Å². The first-order valence-electron chi connectivity index (χ1n) is 16.2. The number of carbonyl (C=O) groups excluding carboxylic acids is 2. The molecule has 1 saturated carbocycles. The van der Waals surface area contributed by atoms with Crippen LogP contribution in [-0.2, 0) is 11.2 Å². The Morgan fingerprint density at radius 2 is 1.70 bits per heavy atom. The number of rotatable bonds is 10. The van der Waals surface area contributed by atoms with E-state index in [1.807, 2.05) is 26.1 Å². The Morgan fingerprint density at radius 3 is 2.34 bits per heavy atom. The second-order valence-corrected chi connectivity index (χ2v) is 12.4. The number of piperidine rings is 1. The molecular formula is C33H49N9O2. The largest absolute Gasteiger partial charge is 0.371 e. The molecule has 3 heterocycles. The second kappa shape index (κ2) is 14.4. The van der Waals surface area contributed by atoms with Gasteiger partial charge in [-0.15, -0.1) is 0 Å². The number of nitrogens with one attached hydrogen (secondary N) is 2. The number of likely N-dealkylation sites (N-methyl/N-ethyl adjacent to an activating group) is 2. The van der Waals surface area contributed by atoms with Gasteiger partial charge in [-0.2, -0.15) is 0 Å². The highest BCUT2D eigenvalue weighted by Gasteiger charge is 2.32. The maximum Gasteiger partial charge on any atom is 0.271 e. The average Bonchev–Trinajstić information content (AvgIpc) is 3.05. The van der Waals surface area contributed by atoms with Crippen molar-refractivity contribution in [1.29, 1.82) is 0 Å². The molecule has 2 atom stereocenters. The van der Waals surface area contributed by atoms with Gasteiger partial charge in [-0.3, -0.25) is 14.5 Å². The molecule has 0 radical (unpaired) electrons. The van der Waals surface area contributed by atoms with E-state index in [9.17, 15) is 9.59 Å². The lowest BCUT2D eigenvalue weighted by Crippen LogP contribution is -2.52. The van der Waals surface area contributed by atoms with E-state index in [1.165, 1.54) is 37.7 Å². The topological polar surface area (TPSA) is 123 Å². The minimum Gasteiger partial charge on any atom is -0.371 e. The molecule has 44 heavy (non-hydrogen) atoms. The molecule has 11 heteroatoms. The molecule has 2 aliphatic heterocycles. The van der Waals surface area contributed by atoms with E-state index < -0.39 is 5.91 Å². The van der Waals surface area contributed by atoms with Crippen LogP contribution in [0.3, 0.4) is 0 Å². The van der Waals surface area contributed by atoms with Gasteiger partial charge in [0.1, 0.15) is 0 Å². The number of aromatic nitrogens is 2. The van der Waals surface area contributed by atoms with Crippen LogP contribution in [-0.4, -0.2) is 103 Å². The van der Waals surface area contributed by atoms with Crippen LogP contribution in [0.25, 0.3) is 0 Å². The fraction of sp³-hybridized carbons (Fsp3) is 0.576. The molecular weight excluding hydrogens is 554 g/mol. The second-order valence-electron chi connectivity index (χ2n) is 12.4. The van der Waals surface area contributed by atoms with Crippen LogP contribution in [0.5, 0.6) is 0 Å². The maximum absolute atomic E-state index is 12.5. The summed E-state index contributed by atoms with van der Waals surface area (Å²) in [5, 5.41) is 6.43. The van der Waals surface area contributed by atoms with Crippen molar-refractivity contribution >= 4 is 34.8 Å². The van der Waals surface area contributed by atoms with Crippen LogP contribution in [0.1, 0.15) is 61.6 Å². The van der Waals surface area contributed by atoms with Crippen molar-refractivity contribution in [2.75, 3.05) is 68.5 Å². The Labute approximate surface area is 261 Å². The number of carbonyl (C=O) groups is 2. The van der Waals surface area contributed by atoms with Crippen molar-refractivity contribution in [3.05, 3.63) is 48.3 Å². The predicted octanol–water partition coefficient (Wildman–Crippen LogP) is 3.15. The van der Waals surface area contributed by atoms with Crippen molar-refractivity contribution < 1.29 is 9.59 Å². The zero-order chi connectivity index (χ0) is 31.2. The van der Waals surface area contributed by atoms with Crippen LogP contribution in [0, 0.1) is 0 Å². The number of anilines is 4. The number of primary amides is 1. The zero-order valence-corrected chi connectivity index (χ0v) is 26.6. The van der Waals surface area contributed by atoms with Gasteiger partial charge in [-0.05, 0) is 69.5 Å². The predicted molar refractivity (Wildman–Crippen MR) is 177 cm³/mol. The van der Waals surface area contributed by atoms with Gasteiger partial charge in [0.2, 0.25) is 5.91 Å². The van der Waals surface area contributed by atoms with Crippen LogP contribution < -0.4 is 26.2 Å². The van der Waals surface area contributed by atoms with Crippen LogP contribution in [0.2, 0.25) is 0 Å². The van der Waals surface area contributed by atoms with E-state index in [1.54, 1.807) is 0 Å². The molecule has 1 aromatic carbocycles. The van der Waals surface area contributed by atoms with E-state index in [2.05, 4.69) is 61.0 Å². The smallest absolute Gasteiger partial charge is 0.271 e. The summed E-state index contributed by atoms with van der Waals surface area (Å²) < 4.78 is 0. The molecule has 2 saturated heterocycles. The molecule has 4 N–H and O–H groups in total. The molecule has 3 aliphatic rings. The summed E-state index contributed by atoms with van der Waals surface area (Å²) in [6, 6.07) is 8.97. The zero-order valence-electron chi connectivity index (χ0n) is 26.6. The van der Waals surface area contributed by atoms with Gasteiger partial charge in [-0.1, -0.05) is 26.3 Å². The van der Waals surface area contributed by atoms with E-state index in [-0.39, 0.29) is 23.7 Å². The fourth-order valence-corrected chi connectivity index (χ4v) is 6.95. The number of hydrogen-bond acceptors (Lipinski definition) is 9. The van der Waals surface area contributed by atoms with E-state index >= 15 is 0 Å². The highest BCUT2D eigenvalue weighted by atomic mass is 16.2. The normalized spacial score (nSPS) is 21.9. The van der Waals surface area contributed by atoms with Gasteiger partial charge in [0.15, 0.2) is 17.3 Å². The third-order valence-electron chi connectivity index (χ3n) is 9.60. The Kier molecular flexibility index (Phi) is 10.4. The van der Waals surface area contributed by atoms with Crippen LogP contribution >= 0.6 is 0 Å². The number of benzene rings is 1. The van der Waals surface area contributed by atoms with Crippen molar-refractivity contribution in [3.63, 3.8) is 0 Å². The molecule has 11 nitrogen and oxygen atoms in total. The summed E-state index contributed by atoms with van der Waals surface area (Å²) in [4.78, 5) is 43.9. The lowest BCUT2D eigenvalue weighted by molar-refractivity contribution is -0.117. The summed E-state index contributed by atoms with van der Waals surface area (Å²) in [6.07, 6.45) is 8.18. The number of amides is 2. The quantitative estimate of drug-likeness (QED) is 0.352. The van der Waals surface area contributed by atoms with E-state index in [0.29, 0.717) is 29.8 Å². The Hall–Kier alpha value is -3.70. The first-order valence-corrected chi connectivity index (χ1v) is 16.2. The van der Waals surface area contributed by atoms with Gasteiger partial charge in [0, 0.05) is 69.8 Å². The lowest BCUT2D eigenvalue weighted by Gasteiger charge is -2.42. The highest BCUT2D eigenvalue weighted by Crippen LogP contribution is 2.31. The standard InChI is InChI=1S/C33H49N9O2/c1-5-26-33(40(4)28-10-8-7-9-27(28)36-29(43)6-2)38-32(30(37-26)31(34)44)35-23-11-13-24(14-12-23)41-17-15-25(16-18-41)42-21-19-39(3)20-22-42/h6,11-14,25,27-28H,2,5,7-10,15-22H2,1,3-4H3,(H2,34,44)(H,35,38)(H,36,43)/t27-,28+/m0/s1. The summed E-state index contributed by atoms with van der Waals surface area (Å²) in [7, 11) is 4.19. The summed E-state index contributed by atoms with van der Waals surface area (Å²) in [5.41, 5.74) is 8.60.